The molecule has 1 aromatic heterocycles. The lowest BCUT2D eigenvalue weighted by molar-refractivity contribution is 0.0420. The van der Waals surface area contributed by atoms with Crippen LogP contribution in [0.2, 0.25) is 0 Å². The highest BCUT2D eigenvalue weighted by Crippen LogP contribution is 2.33. The van der Waals surface area contributed by atoms with E-state index in [1.165, 1.54) is 16.9 Å². The molecule has 0 aliphatic heterocycles. The summed E-state index contributed by atoms with van der Waals surface area (Å²) in [5, 5.41) is 14.3. The normalized spacial score (nSPS) is 29.5. The number of aliphatic hydroxyl groups is 1. The molecule has 0 aromatic carbocycles. The van der Waals surface area contributed by atoms with Crippen LogP contribution >= 0.6 is 11.3 Å². The van der Waals surface area contributed by atoms with E-state index in [1.54, 1.807) is 11.3 Å². The summed E-state index contributed by atoms with van der Waals surface area (Å²) in [5.74, 6) is 1.29. The van der Waals surface area contributed by atoms with Gasteiger partial charge in [-0.05, 0) is 49.5 Å². The van der Waals surface area contributed by atoms with Crippen molar-refractivity contribution in [2.24, 2.45) is 11.8 Å². The number of aliphatic hydroxyl groups excluding tert-OH is 1. The zero-order valence-corrected chi connectivity index (χ0v) is 12.1. The summed E-state index contributed by atoms with van der Waals surface area (Å²) in [5.41, 5.74) is 2.18. The average Bonchev–Trinajstić information content (AvgIpc) is 2.75. The highest BCUT2D eigenvalue weighted by molar-refractivity contribution is 7.10. The molecule has 0 radical (unpaired) electrons. The Hall–Kier alpha value is -0.870. The molecule has 1 fully saturated rings. The lowest BCUT2D eigenvalue weighted by Crippen LogP contribution is -2.38. The number of hydrogen-bond acceptors (Lipinski definition) is 3. The monoisotopic (exact) mass is 279 g/mol. The second-order valence-corrected chi connectivity index (χ2v) is 7.06. The van der Waals surface area contributed by atoms with E-state index in [9.17, 15) is 9.90 Å². The molecule has 0 spiro atoms. The first-order valence-electron chi connectivity index (χ1n) is 7.19. The van der Waals surface area contributed by atoms with Gasteiger partial charge in [0.2, 0.25) is 0 Å². The molecule has 1 amide bonds. The largest absolute Gasteiger partial charge is 0.393 e. The van der Waals surface area contributed by atoms with Crippen molar-refractivity contribution < 1.29 is 9.90 Å². The van der Waals surface area contributed by atoms with Gasteiger partial charge in [0.25, 0.3) is 5.91 Å². The van der Waals surface area contributed by atoms with Gasteiger partial charge in [-0.3, -0.25) is 4.79 Å². The fraction of sp³-hybridized carbons (Fsp3) is 0.667. The lowest BCUT2D eigenvalue weighted by Gasteiger charge is -2.31. The summed E-state index contributed by atoms with van der Waals surface area (Å²) in [6, 6.07) is 0. The fourth-order valence-electron chi connectivity index (χ4n) is 3.07. The van der Waals surface area contributed by atoms with E-state index in [2.05, 4.69) is 12.2 Å². The van der Waals surface area contributed by atoms with Crippen LogP contribution in [0.5, 0.6) is 0 Å². The van der Waals surface area contributed by atoms with Crippen molar-refractivity contribution in [3.63, 3.8) is 0 Å². The quantitative estimate of drug-likeness (QED) is 0.892. The standard InChI is InChI=1S/C15H21NO2S/c1-9-2-3-12-13(8-19-14(12)4-9)15(18)16-7-10-5-11(17)6-10/h8-11,17H,2-7H2,1H3,(H,16,18). The number of carbonyl (C=O) groups excluding carboxylic acids is 1. The Morgan fingerprint density at radius 2 is 2.32 bits per heavy atom. The van der Waals surface area contributed by atoms with Gasteiger partial charge in [0.1, 0.15) is 0 Å². The second-order valence-electron chi connectivity index (χ2n) is 6.10. The van der Waals surface area contributed by atoms with Crippen LogP contribution in [0.25, 0.3) is 0 Å². The predicted molar refractivity (Wildman–Crippen MR) is 76.6 cm³/mol. The van der Waals surface area contributed by atoms with Crippen LogP contribution in [0.15, 0.2) is 5.38 Å². The maximum atomic E-state index is 12.2. The third-order valence-electron chi connectivity index (χ3n) is 4.41. The number of carbonyl (C=O) groups is 1. The Morgan fingerprint density at radius 1 is 1.53 bits per heavy atom. The first kappa shape index (κ1) is 13.1. The van der Waals surface area contributed by atoms with E-state index in [0.29, 0.717) is 12.5 Å². The molecule has 1 atom stereocenters. The van der Waals surface area contributed by atoms with Crippen molar-refractivity contribution in [1.29, 1.82) is 0 Å². The third-order valence-corrected chi connectivity index (χ3v) is 5.46. The van der Waals surface area contributed by atoms with Crippen LogP contribution in [-0.4, -0.2) is 23.7 Å². The molecule has 2 N–H and O–H groups in total. The van der Waals surface area contributed by atoms with E-state index >= 15 is 0 Å². The summed E-state index contributed by atoms with van der Waals surface area (Å²) in [6.07, 6.45) is 4.89. The maximum absolute atomic E-state index is 12.2. The molecule has 4 heteroatoms. The SMILES string of the molecule is CC1CCc2c(C(=O)NCC3CC(O)C3)csc2C1. The molecular weight excluding hydrogens is 258 g/mol. The Labute approximate surface area is 118 Å². The first-order chi connectivity index (χ1) is 9.13. The van der Waals surface area contributed by atoms with Crippen LogP contribution in [-0.2, 0) is 12.8 Å². The number of fused-ring (bicyclic) bond motifs is 1. The fourth-order valence-corrected chi connectivity index (χ4v) is 4.31. The van der Waals surface area contributed by atoms with Crippen molar-refractivity contribution in [2.45, 2.75) is 45.1 Å². The van der Waals surface area contributed by atoms with E-state index in [1.807, 2.05) is 5.38 Å². The minimum absolute atomic E-state index is 0.0773. The lowest BCUT2D eigenvalue weighted by atomic mass is 9.82. The number of amides is 1. The van der Waals surface area contributed by atoms with Gasteiger partial charge in [0.05, 0.1) is 11.7 Å². The van der Waals surface area contributed by atoms with E-state index in [-0.39, 0.29) is 12.0 Å². The molecular formula is C15H21NO2S. The number of thiophene rings is 1. The summed E-state index contributed by atoms with van der Waals surface area (Å²) < 4.78 is 0. The van der Waals surface area contributed by atoms with Crippen LogP contribution in [0.4, 0.5) is 0 Å². The molecule has 2 aliphatic carbocycles. The third kappa shape index (κ3) is 2.70. The van der Waals surface area contributed by atoms with Gasteiger partial charge in [0.15, 0.2) is 0 Å². The molecule has 1 aromatic rings. The minimum atomic E-state index is -0.141. The molecule has 104 valence electrons. The molecule has 2 aliphatic rings. The number of nitrogens with one attached hydrogen (secondary N) is 1. The molecule has 1 heterocycles. The molecule has 3 rings (SSSR count). The van der Waals surface area contributed by atoms with Crippen molar-refractivity contribution in [1.82, 2.24) is 5.32 Å². The van der Waals surface area contributed by atoms with Crippen LogP contribution in [0.1, 0.15) is 47.0 Å². The molecule has 3 nitrogen and oxygen atoms in total. The van der Waals surface area contributed by atoms with Gasteiger partial charge >= 0.3 is 0 Å². The molecule has 1 unspecified atom stereocenters. The smallest absolute Gasteiger partial charge is 0.252 e. The van der Waals surface area contributed by atoms with Crippen LogP contribution < -0.4 is 5.32 Å². The van der Waals surface area contributed by atoms with Crippen molar-refractivity contribution in [3.8, 4) is 0 Å². The summed E-state index contributed by atoms with van der Waals surface area (Å²) in [6.45, 7) is 2.99. The zero-order valence-electron chi connectivity index (χ0n) is 11.3. The summed E-state index contributed by atoms with van der Waals surface area (Å²) >= 11 is 1.74. The van der Waals surface area contributed by atoms with Gasteiger partial charge < -0.3 is 10.4 Å². The van der Waals surface area contributed by atoms with Crippen molar-refractivity contribution in [3.05, 3.63) is 21.4 Å². The van der Waals surface area contributed by atoms with Gasteiger partial charge in [0, 0.05) is 16.8 Å². The Bertz CT molecular complexity index is 476. The summed E-state index contributed by atoms with van der Waals surface area (Å²) in [4.78, 5) is 13.6. The van der Waals surface area contributed by atoms with Gasteiger partial charge in [-0.2, -0.15) is 0 Å². The van der Waals surface area contributed by atoms with Gasteiger partial charge in [-0.15, -0.1) is 11.3 Å². The number of hydrogen-bond donors (Lipinski definition) is 2. The molecule has 0 bridgehead atoms. The Morgan fingerprint density at radius 3 is 3.05 bits per heavy atom. The van der Waals surface area contributed by atoms with Crippen LogP contribution in [0, 0.1) is 11.8 Å². The second kappa shape index (κ2) is 5.25. The van der Waals surface area contributed by atoms with Crippen LogP contribution in [0.3, 0.4) is 0 Å². The first-order valence-corrected chi connectivity index (χ1v) is 8.07. The van der Waals surface area contributed by atoms with E-state index in [0.717, 1.165) is 37.2 Å². The van der Waals surface area contributed by atoms with Gasteiger partial charge in [-0.1, -0.05) is 6.92 Å². The highest BCUT2D eigenvalue weighted by Gasteiger charge is 2.28. The molecule has 19 heavy (non-hydrogen) atoms. The van der Waals surface area contributed by atoms with Crippen molar-refractivity contribution in [2.75, 3.05) is 6.54 Å². The zero-order chi connectivity index (χ0) is 13.4. The topological polar surface area (TPSA) is 49.3 Å². The highest BCUT2D eigenvalue weighted by atomic mass is 32.1. The number of rotatable bonds is 3. The minimum Gasteiger partial charge on any atom is -0.393 e. The Balaban J connectivity index is 1.61. The predicted octanol–water partition coefficient (Wildman–Crippen LogP) is 2.37. The average molecular weight is 279 g/mol. The van der Waals surface area contributed by atoms with E-state index < -0.39 is 0 Å². The van der Waals surface area contributed by atoms with Crippen molar-refractivity contribution >= 4 is 17.2 Å². The molecule has 1 saturated carbocycles. The maximum Gasteiger partial charge on any atom is 0.252 e. The molecule has 0 saturated heterocycles. The Kier molecular flexibility index (Phi) is 3.63. The summed E-state index contributed by atoms with van der Waals surface area (Å²) in [7, 11) is 0. The van der Waals surface area contributed by atoms with E-state index in [4.69, 9.17) is 0 Å². The van der Waals surface area contributed by atoms with Gasteiger partial charge in [-0.25, -0.2) is 0 Å².